The summed E-state index contributed by atoms with van der Waals surface area (Å²) in [6.07, 6.45) is 1.35. The van der Waals surface area contributed by atoms with Crippen LogP contribution in [0.1, 0.15) is 23.6 Å². The summed E-state index contributed by atoms with van der Waals surface area (Å²) in [7, 11) is 1.50. The Morgan fingerprint density at radius 3 is 2.39 bits per heavy atom. The van der Waals surface area contributed by atoms with E-state index in [0.717, 1.165) is 16.0 Å². The van der Waals surface area contributed by atoms with E-state index in [9.17, 15) is 19.2 Å². The fourth-order valence-electron chi connectivity index (χ4n) is 4.02. The van der Waals surface area contributed by atoms with Gasteiger partial charge in [-0.15, -0.1) is 0 Å². The maximum Gasteiger partial charge on any atom is 0.335 e. The topological polar surface area (TPSA) is 123 Å². The standard InChI is InChI=1S/C30H28BrN3O7/c1-5-40-25-15-19(14-24(31)27(25)41-16-26(35)32-20-7-6-17(2)18(3)12-20)13-23-28(36)33-30(38)34(29(23)37)21-8-10-22(39-4)11-9-21/h6-15H,5,16H2,1-4H3,(H,32,35)(H,33,36,38)/b23-13+. The summed E-state index contributed by atoms with van der Waals surface area (Å²) < 4.78 is 17.1. The summed E-state index contributed by atoms with van der Waals surface area (Å²) in [5.41, 5.74) is 3.27. The number of aryl methyl sites for hydroxylation is 2. The van der Waals surface area contributed by atoms with Crippen molar-refractivity contribution in [2.45, 2.75) is 20.8 Å². The smallest absolute Gasteiger partial charge is 0.335 e. The zero-order valence-corrected chi connectivity index (χ0v) is 24.5. The highest BCUT2D eigenvalue weighted by molar-refractivity contribution is 9.10. The molecule has 0 spiro atoms. The second-order valence-electron chi connectivity index (χ2n) is 9.05. The number of ether oxygens (including phenoxy) is 3. The Balaban J connectivity index is 1.56. The Kier molecular flexibility index (Phi) is 9.08. The van der Waals surface area contributed by atoms with Crippen molar-refractivity contribution in [3.63, 3.8) is 0 Å². The van der Waals surface area contributed by atoms with Gasteiger partial charge < -0.3 is 19.5 Å². The van der Waals surface area contributed by atoms with Crippen molar-refractivity contribution in [3.8, 4) is 17.2 Å². The highest BCUT2D eigenvalue weighted by atomic mass is 79.9. The summed E-state index contributed by atoms with van der Waals surface area (Å²) in [4.78, 5) is 51.9. The van der Waals surface area contributed by atoms with E-state index in [1.165, 1.54) is 25.3 Å². The largest absolute Gasteiger partial charge is 0.497 e. The number of imide groups is 2. The molecule has 0 bridgehead atoms. The normalized spacial score (nSPS) is 14.1. The van der Waals surface area contributed by atoms with Gasteiger partial charge >= 0.3 is 6.03 Å². The fourth-order valence-corrected chi connectivity index (χ4v) is 4.59. The van der Waals surface area contributed by atoms with E-state index in [0.29, 0.717) is 27.2 Å². The molecule has 0 aliphatic carbocycles. The van der Waals surface area contributed by atoms with Crippen LogP contribution < -0.4 is 29.7 Å². The molecule has 0 unspecified atom stereocenters. The van der Waals surface area contributed by atoms with Crippen LogP contribution in [0.5, 0.6) is 17.2 Å². The third-order valence-corrected chi connectivity index (χ3v) is 6.80. The molecular weight excluding hydrogens is 594 g/mol. The van der Waals surface area contributed by atoms with E-state index in [-0.39, 0.29) is 36.1 Å². The molecule has 11 heteroatoms. The van der Waals surface area contributed by atoms with Crippen LogP contribution >= 0.6 is 15.9 Å². The first-order valence-electron chi connectivity index (χ1n) is 12.6. The van der Waals surface area contributed by atoms with Crippen LogP contribution in [0, 0.1) is 13.8 Å². The summed E-state index contributed by atoms with van der Waals surface area (Å²) in [6, 6.07) is 14.2. The second-order valence-corrected chi connectivity index (χ2v) is 9.91. The van der Waals surface area contributed by atoms with Gasteiger partial charge in [-0.2, -0.15) is 0 Å². The molecule has 1 fully saturated rings. The Morgan fingerprint density at radius 1 is 1.00 bits per heavy atom. The molecular formula is C30H28BrN3O7. The maximum atomic E-state index is 13.3. The molecule has 1 aliphatic heterocycles. The van der Waals surface area contributed by atoms with Gasteiger partial charge in [0.2, 0.25) is 0 Å². The zero-order valence-electron chi connectivity index (χ0n) is 22.9. The number of methoxy groups -OCH3 is 1. The first-order valence-corrected chi connectivity index (χ1v) is 13.4. The van der Waals surface area contributed by atoms with Gasteiger partial charge in [0, 0.05) is 5.69 Å². The van der Waals surface area contributed by atoms with Crippen molar-refractivity contribution in [1.82, 2.24) is 5.32 Å². The van der Waals surface area contributed by atoms with E-state index in [1.54, 1.807) is 31.2 Å². The highest BCUT2D eigenvalue weighted by Crippen LogP contribution is 2.38. The molecule has 1 heterocycles. The van der Waals surface area contributed by atoms with Gasteiger partial charge in [-0.1, -0.05) is 6.07 Å². The predicted molar refractivity (Wildman–Crippen MR) is 157 cm³/mol. The Morgan fingerprint density at radius 2 is 1.73 bits per heavy atom. The van der Waals surface area contributed by atoms with Gasteiger partial charge in [0.05, 0.1) is 23.9 Å². The van der Waals surface area contributed by atoms with Gasteiger partial charge in [-0.05, 0) is 108 Å². The lowest BCUT2D eigenvalue weighted by molar-refractivity contribution is -0.122. The molecule has 41 heavy (non-hydrogen) atoms. The summed E-state index contributed by atoms with van der Waals surface area (Å²) in [5.74, 6) is -0.868. The quantitative estimate of drug-likeness (QED) is 0.250. The van der Waals surface area contributed by atoms with E-state index >= 15 is 0 Å². The van der Waals surface area contributed by atoms with Gasteiger partial charge in [0.1, 0.15) is 11.3 Å². The van der Waals surface area contributed by atoms with Crippen LogP contribution in [0.3, 0.4) is 0 Å². The number of hydrogen-bond donors (Lipinski definition) is 2. The van der Waals surface area contributed by atoms with Crippen LogP contribution in [-0.4, -0.2) is 44.1 Å². The first kappa shape index (κ1) is 29.3. The molecule has 0 radical (unpaired) electrons. The number of nitrogens with one attached hydrogen (secondary N) is 2. The number of hydrogen-bond acceptors (Lipinski definition) is 7. The molecule has 0 atom stereocenters. The number of nitrogens with zero attached hydrogens (tertiary/aromatic N) is 1. The van der Waals surface area contributed by atoms with Gasteiger partial charge in [-0.25, -0.2) is 9.69 Å². The van der Waals surface area contributed by atoms with Gasteiger partial charge in [-0.3, -0.25) is 19.7 Å². The van der Waals surface area contributed by atoms with E-state index in [1.807, 2.05) is 32.0 Å². The van der Waals surface area contributed by atoms with Crippen LogP contribution in [0.25, 0.3) is 6.08 Å². The number of anilines is 2. The number of rotatable bonds is 9. The van der Waals surface area contributed by atoms with Gasteiger partial charge in [0.25, 0.3) is 17.7 Å². The summed E-state index contributed by atoms with van der Waals surface area (Å²) in [5, 5.41) is 5.00. The van der Waals surface area contributed by atoms with E-state index in [2.05, 4.69) is 26.6 Å². The average molecular weight is 622 g/mol. The molecule has 0 aromatic heterocycles. The molecule has 4 rings (SSSR count). The Hall–Kier alpha value is -4.64. The van der Waals surface area contributed by atoms with Crippen molar-refractivity contribution in [3.05, 3.63) is 81.3 Å². The van der Waals surface area contributed by atoms with Gasteiger partial charge in [0.15, 0.2) is 18.1 Å². The molecule has 1 aliphatic rings. The van der Waals surface area contributed by atoms with Crippen LogP contribution in [-0.2, 0) is 14.4 Å². The van der Waals surface area contributed by atoms with Crippen molar-refractivity contribution < 1.29 is 33.4 Å². The van der Waals surface area contributed by atoms with Crippen LogP contribution in [0.2, 0.25) is 0 Å². The van der Waals surface area contributed by atoms with Crippen molar-refractivity contribution >= 4 is 57.1 Å². The average Bonchev–Trinajstić information content (AvgIpc) is 2.93. The molecule has 3 aromatic carbocycles. The molecule has 0 saturated carbocycles. The van der Waals surface area contributed by atoms with Crippen molar-refractivity contribution in [2.24, 2.45) is 0 Å². The number of carbonyl (C=O) groups is 4. The maximum absolute atomic E-state index is 13.3. The number of barbiturate groups is 1. The van der Waals surface area contributed by atoms with Crippen LogP contribution in [0.15, 0.2) is 64.6 Å². The molecule has 212 valence electrons. The van der Waals surface area contributed by atoms with Crippen LogP contribution in [0.4, 0.5) is 16.2 Å². The van der Waals surface area contributed by atoms with Crippen molar-refractivity contribution in [1.29, 1.82) is 0 Å². The lowest BCUT2D eigenvalue weighted by Crippen LogP contribution is -2.54. The number of urea groups is 1. The minimum Gasteiger partial charge on any atom is -0.497 e. The highest BCUT2D eigenvalue weighted by Gasteiger charge is 2.37. The molecule has 1 saturated heterocycles. The molecule has 5 amide bonds. The lowest BCUT2D eigenvalue weighted by atomic mass is 10.1. The lowest BCUT2D eigenvalue weighted by Gasteiger charge is -2.26. The van der Waals surface area contributed by atoms with E-state index in [4.69, 9.17) is 14.2 Å². The Labute approximate surface area is 245 Å². The minimum absolute atomic E-state index is 0.254. The molecule has 10 nitrogen and oxygen atoms in total. The number of carbonyl (C=O) groups excluding carboxylic acids is 4. The monoisotopic (exact) mass is 621 g/mol. The second kappa shape index (κ2) is 12.7. The molecule has 2 N–H and O–H groups in total. The van der Waals surface area contributed by atoms with E-state index < -0.39 is 17.8 Å². The summed E-state index contributed by atoms with van der Waals surface area (Å²) >= 11 is 3.44. The molecule has 3 aromatic rings. The predicted octanol–water partition coefficient (Wildman–Crippen LogP) is 5.16. The number of amides is 5. The zero-order chi connectivity index (χ0) is 29.7. The van der Waals surface area contributed by atoms with Crippen molar-refractivity contribution in [2.75, 3.05) is 30.5 Å². The first-order chi connectivity index (χ1) is 19.6. The summed E-state index contributed by atoms with van der Waals surface area (Å²) in [6.45, 7) is 5.74. The third kappa shape index (κ3) is 6.75. The number of benzene rings is 3. The minimum atomic E-state index is -0.860. The third-order valence-electron chi connectivity index (χ3n) is 6.21. The Bertz CT molecular complexity index is 1550. The SMILES string of the molecule is CCOc1cc(/C=C2\C(=O)NC(=O)N(c3ccc(OC)cc3)C2=O)cc(Br)c1OCC(=O)Nc1ccc(C)c(C)c1. The number of halogens is 1. The fraction of sp³-hybridized carbons (Fsp3) is 0.200.